The average molecular weight is 309 g/mol. The summed E-state index contributed by atoms with van der Waals surface area (Å²) >= 11 is 5.86. The highest BCUT2D eigenvalue weighted by Crippen LogP contribution is 2.14. The Hall–Kier alpha value is -1.92. The topological polar surface area (TPSA) is 69.0 Å². The molecule has 2 aromatic rings. The van der Waals surface area contributed by atoms with Gasteiger partial charge in [-0.3, -0.25) is 4.79 Å². The zero-order valence-electron chi connectivity index (χ0n) is 12.0. The maximum atomic E-state index is 11.9. The van der Waals surface area contributed by atoms with E-state index < -0.39 is 0 Å². The molecule has 0 aliphatic heterocycles. The molecule has 7 heteroatoms. The number of hydrogen-bond donors (Lipinski definition) is 1. The average Bonchev–Trinajstić information content (AvgIpc) is 2.86. The number of hydrogen-bond acceptors (Lipinski definition) is 4. The van der Waals surface area contributed by atoms with Gasteiger partial charge in [-0.1, -0.05) is 11.6 Å². The zero-order chi connectivity index (χ0) is 15.2. The van der Waals surface area contributed by atoms with Gasteiger partial charge in [0.1, 0.15) is 5.82 Å². The first kappa shape index (κ1) is 15.5. The molecule has 0 saturated carbocycles. The second-order valence-electron chi connectivity index (χ2n) is 4.47. The summed E-state index contributed by atoms with van der Waals surface area (Å²) in [6.45, 7) is 2.93. The Kier molecular flexibility index (Phi) is 5.30. The van der Waals surface area contributed by atoms with Gasteiger partial charge in [-0.2, -0.15) is 0 Å². The lowest BCUT2D eigenvalue weighted by Crippen LogP contribution is -2.26. The van der Waals surface area contributed by atoms with Gasteiger partial charge >= 0.3 is 0 Å². The number of methoxy groups -OCH3 is 1. The standard InChI is InChI=1S/C14H17ClN4O2/c1-10-17-13(14(20)16-8-3-9-21-2)18-19(10)12-6-4-11(15)5-7-12/h4-7H,3,8-9H2,1-2H3,(H,16,20). The third kappa shape index (κ3) is 4.03. The molecule has 0 aliphatic rings. The van der Waals surface area contributed by atoms with Crippen molar-refractivity contribution in [3.63, 3.8) is 0 Å². The van der Waals surface area contributed by atoms with Crippen LogP contribution in [-0.4, -0.2) is 40.9 Å². The van der Waals surface area contributed by atoms with Crippen LogP contribution in [0.4, 0.5) is 0 Å². The van der Waals surface area contributed by atoms with Crippen LogP contribution in [0.5, 0.6) is 0 Å². The molecule has 21 heavy (non-hydrogen) atoms. The second kappa shape index (κ2) is 7.19. The van der Waals surface area contributed by atoms with Crippen molar-refractivity contribution in [3.8, 4) is 5.69 Å². The van der Waals surface area contributed by atoms with E-state index in [4.69, 9.17) is 16.3 Å². The molecule has 0 unspecified atom stereocenters. The van der Waals surface area contributed by atoms with Crippen molar-refractivity contribution in [2.24, 2.45) is 0 Å². The van der Waals surface area contributed by atoms with Crippen LogP contribution in [0, 0.1) is 6.92 Å². The normalized spacial score (nSPS) is 10.6. The minimum absolute atomic E-state index is 0.153. The van der Waals surface area contributed by atoms with Crippen LogP contribution < -0.4 is 5.32 Å². The van der Waals surface area contributed by atoms with E-state index in [2.05, 4.69) is 15.4 Å². The van der Waals surface area contributed by atoms with E-state index in [1.807, 2.05) is 12.1 Å². The molecule has 6 nitrogen and oxygen atoms in total. The number of nitrogens with one attached hydrogen (secondary N) is 1. The third-order valence-corrected chi connectivity index (χ3v) is 3.11. The summed E-state index contributed by atoms with van der Waals surface area (Å²) in [5.74, 6) is 0.501. The van der Waals surface area contributed by atoms with Crippen LogP contribution >= 0.6 is 11.6 Å². The van der Waals surface area contributed by atoms with Crippen molar-refractivity contribution in [2.45, 2.75) is 13.3 Å². The first-order valence-corrected chi connectivity index (χ1v) is 6.96. The number of aromatic nitrogens is 3. The fourth-order valence-electron chi connectivity index (χ4n) is 1.81. The molecule has 0 bridgehead atoms. The number of carbonyl (C=O) groups excluding carboxylic acids is 1. The van der Waals surface area contributed by atoms with Crippen LogP contribution in [0.1, 0.15) is 22.9 Å². The van der Waals surface area contributed by atoms with Crippen LogP contribution in [0.25, 0.3) is 5.69 Å². The summed E-state index contributed by atoms with van der Waals surface area (Å²) in [4.78, 5) is 16.1. The molecule has 1 aromatic heterocycles. The summed E-state index contributed by atoms with van der Waals surface area (Å²) < 4.78 is 6.53. The van der Waals surface area contributed by atoms with Crippen molar-refractivity contribution < 1.29 is 9.53 Å². The summed E-state index contributed by atoms with van der Waals surface area (Å²) in [6, 6.07) is 7.18. The Labute approximate surface area is 128 Å². The molecule has 0 saturated heterocycles. The van der Waals surface area contributed by atoms with Crippen LogP contribution in [0.2, 0.25) is 5.02 Å². The maximum Gasteiger partial charge on any atom is 0.290 e. The Bertz CT molecular complexity index is 610. The molecular formula is C14H17ClN4O2. The van der Waals surface area contributed by atoms with Gasteiger partial charge in [0.2, 0.25) is 5.82 Å². The maximum absolute atomic E-state index is 11.9. The van der Waals surface area contributed by atoms with Gasteiger partial charge in [-0.15, -0.1) is 5.10 Å². The number of rotatable bonds is 6. The predicted octanol–water partition coefficient (Wildman–Crippen LogP) is 2.00. The lowest BCUT2D eigenvalue weighted by atomic mass is 10.3. The SMILES string of the molecule is COCCCNC(=O)c1nc(C)n(-c2ccc(Cl)cc2)n1. The molecule has 0 fully saturated rings. The Morgan fingerprint density at radius 1 is 1.38 bits per heavy atom. The van der Waals surface area contributed by atoms with Crippen molar-refractivity contribution in [1.29, 1.82) is 0 Å². The Morgan fingerprint density at radius 2 is 2.10 bits per heavy atom. The summed E-state index contributed by atoms with van der Waals surface area (Å²) in [5, 5.41) is 7.63. The molecular weight excluding hydrogens is 292 g/mol. The number of amides is 1. The molecule has 0 spiro atoms. The second-order valence-corrected chi connectivity index (χ2v) is 4.91. The van der Waals surface area contributed by atoms with Crippen molar-refractivity contribution in [1.82, 2.24) is 20.1 Å². The first-order chi connectivity index (χ1) is 10.1. The van der Waals surface area contributed by atoms with Gasteiger partial charge < -0.3 is 10.1 Å². The number of ether oxygens (including phenoxy) is 1. The summed E-state index contributed by atoms with van der Waals surface area (Å²) in [5.41, 5.74) is 0.808. The molecule has 1 aromatic carbocycles. The molecule has 1 N–H and O–H groups in total. The number of benzene rings is 1. The van der Waals surface area contributed by atoms with Gasteiger partial charge in [-0.05, 0) is 37.6 Å². The Balaban J connectivity index is 2.08. The monoisotopic (exact) mass is 308 g/mol. The largest absolute Gasteiger partial charge is 0.385 e. The van der Waals surface area contributed by atoms with E-state index >= 15 is 0 Å². The fraction of sp³-hybridized carbons (Fsp3) is 0.357. The Morgan fingerprint density at radius 3 is 2.76 bits per heavy atom. The van der Waals surface area contributed by atoms with E-state index in [0.29, 0.717) is 24.0 Å². The van der Waals surface area contributed by atoms with E-state index in [1.165, 1.54) is 0 Å². The lowest BCUT2D eigenvalue weighted by molar-refractivity contribution is 0.0938. The van der Waals surface area contributed by atoms with E-state index in [1.54, 1.807) is 30.8 Å². The smallest absolute Gasteiger partial charge is 0.290 e. The van der Waals surface area contributed by atoms with Crippen molar-refractivity contribution in [3.05, 3.63) is 40.9 Å². The molecule has 1 heterocycles. The van der Waals surface area contributed by atoms with Gasteiger partial charge in [0, 0.05) is 25.3 Å². The van der Waals surface area contributed by atoms with Gasteiger partial charge in [0.05, 0.1) is 5.69 Å². The molecule has 112 valence electrons. The van der Waals surface area contributed by atoms with E-state index in [0.717, 1.165) is 12.1 Å². The van der Waals surface area contributed by atoms with Crippen molar-refractivity contribution in [2.75, 3.05) is 20.3 Å². The minimum Gasteiger partial charge on any atom is -0.385 e. The number of carbonyl (C=O) groups is 1. The highest BCUT2D eigenvalue weighted by atomic mass is 35.5. The molecule has 1 amide bonds. The third-order valence-electron chi connectivity index (χ3n) is 2.85. The molecule has 0 atom stereocenters. The number of aryl methyl sites for hydroxylation is 1. The van der Waals surface area contributed by atoms with Crippen LogP contribution in [0.15, 0.2) is 24.3 Å². The van der Waals surface area contributed by atoms with Gasteiger partial charge in [-0.25, -0.2) is 9.67 Å². The first-order valence-electron chi connectivity index (χ1n) is 6.58. The van der Waals surface area contributed by atoms with Gasteiger partial charge in [0.15, 0.2) is 0 Å². The quantitative estimate of drug-likeness (QED) is 0.829. The summed E-state index contributed by atoms with van der Waals surface area (Å²) in [7, 11) is 1.63. The summed E-state index contributed by atoms with van der Waals surface area (Å²) in [6.07, 6.45) is 0.749. The minimum atomic E-state index is -0.290. The van der Waals surface area contributed by atoms with E-state index in [-0.39, 0.29) is 11.7 Å². The van der Waals surface area contributed by atoms with Crippen molar-refractivity contribution >= 4 is 17.5 Å². The zero-order valence-corrected chi connectivity index (χ0v) is 12.7. The predicted molar refractivity (Wildman–Crippen MR) is 79.9 cm³/mol. The molecule has 0 aliphatic carbocycles. The van der Waals surface area contributed by atoms with Gasteiger partial charge in [0.25, 0.3) is 5.91 Å². The van der Waals surface area contributed by atoms with Crippen LogP contribution in [-0.2, 0) is 4.74 Å². The highest BCUT2D eigenvalue weighted by Gasteiger charge is 2.14. The molecule has 2 rings (SSSR count). The number of halogens is 1. The molecule has 0 radical (unpaired) electrons. The fourth-order valence-corrected chi connectivity index (χ4v) is 1.94. The van der Waals surface area contributed by atoms with Crippen LogP contribution in [0.3, 0.4) is 0 Å². The van der Waals surface area contributed by atoms with E-state index in [9.17, 15) is 4.79 Å². The number of nitrogens with zero attached hydrogens (tertiary/aromatic N) is 3. The lowest BCUT2D eigenvalue weighted by Gasteiger charge is -2.02. The highest BCUT2D eigenvalue weighted by molar-refractivity contribution is 6.30.